The quantitative estimate of drug-likeness (QED) is 0.349. The Bertz CT molecular complexity index is 1050. The number of benzene rings is 2. The Balaban J connectivity index is 2.03. The van der Waals surface area contributed by atoms with Crippen molar-refractivity contribution in [3.05, 3.63) is 66.2 Å². The van der Waals surface area contributed by atoms with Crippen molar-refractivity contribution in [1.29, 1.82) is 0 Å². The first-order valence-corrected chi connectivity index (χ1v) is 13.6. The van der Waals surface area contributed by atoms with Crippen LogP contribution in [0.2, 0.25) is 0 Å². The van der Waals surface area contributed by atoms with Crippen LogP contribution in [-0.2, 0) is 9.59 Å². The summed E-state index contributed by atoms with van der Waals surface area (Å²) in [5, 5.41) is 0. The summed E-state index contributed by atoms with van der Waals surface area (Å²) in [5.41, 5.74) is 1.42. The van der Waals surface area contributed by atoms with Gasteiger partial charge in [0, 0.05) is 0 Å². The molecule has 0 N–H and O–H groups in total. The fourth-order valence-electron chi connectivity index (χ4n) is 6.04. The normalized spacial score (nSPS) is 21.2. The first-order chi connectivity index (χ1) is 16.6. The topological polar surface area (TPSA) is 37.4 Å². The molecule has 2 amide bonds. The number of nitrogens with zero attached hydrogens (tertiary/aromatic N) is 1. The van der Waals surface area contributed by atoms with Gasteiger partial charge in [-0.2, -0.15) is 0 Å². The zero-order valence-corrected chi connectivity index (χ0v) is 24.1. The van der Waals surface area contributed by atoms with E-state index in [-0.39, 0.29) is 45.8 Å². The second kappa shape index (κ2) is 10.1. The summed E-state index contributed by atoms with van der Waals surface area (Å²) < 4.78 is 0. The maximum Gasteiger partial charge on any atom is 0.238 e. The van der Waals surface area contributed by atoms with Crippen molar-refractivity contribution in [1.82, 2.24) is 0 Å². The van der Waals surface area contributed by atoms with Gasteiger partial charge >= 0.3 is 0 Å². The molecule has 1 aliphatic rings. The molecule has 4 atom stereocenters. The zero-order valence-electron chi connectivity index (χ0n) is 24.1. The number of anilines is 1. The molecule has 2 aromatic rings. The van der Waals surface area contributed by atoms with Crippen LogP contribution in [-0.4, -0.2) is 11.8 Å². The first-order valence-electron chi connectivity index (χ1n) is 13.6. The Morgan fingerprint density at radius 1 is 0.722 bits per heavy atom. The third-order valence-electron chi connectivity index (χ3n) is 9.50. The molecule has 4 unspecified atom stereocenters. The van der Waals surface area contributed by atoms with Gasteiger partial charge in [0.15, 0.2) is 0 Å². The van der Waals surface area contributed by atoms with Gasteiger partial charge in [-0.3, -0.25) is 14.5 Å². The lowest BCUT2D eigenvalue weighted by Crippen LogP contribution is -2.44. The van der Waals surface area contributed by atoms with Gasteiger partial charge in [-0.05, 0) is 58.1 Å². The van der Waals surface area contributed by atoms with Crippen LogP contribution >= 0.6 is 0 Å². The fraction of sp³-hybridized carbons (Fsp3) is 0.576. The zero-order chi connectivity index (χ0) is 27.1. The largest absolute Gasteiger partial charge is 0.274 e. The molecule has 3 rings (SSSR count). The summed E-state index contributed by atoms with van der Waals surface area (Å²) in [6, 6.07) is 20.2. The van der Waals surface area contributed by atoms with E-state index in [4.69, 9.17) is 0 Å². The Kier molecular flexibility index (Phi) is 7.94. The second-order valence-electron chi connectivity index (χ2n) is 13.6. The molecule has 3 heteroatoms. The molecule has 1 heterocycles. The van der Waals surface area contributed by atoms with Crippen molar-refractivity contribution in [3.63, 3.8) is 0 Å². The molecule has 0 radical (unpaired) electrons. The highest BCUT2D eigenvalue weighted by Gasteiger charge is 2.59. The molecule has 3 nitrogen and oxygen atoms in total. The summed E-state index contributed by atoms with van der Waals surface area (Å²) in [5.74, 6) is 0.216. The summed E-state index contributed by atoms with van der Waals surface area (Å²) >= 11 is 0. The molecule has 0 saturated carbocycles. The molecule has 36 heavy (non-hydrogen) atoms. The highest BCUT2D eigenvalue weighted by molar-refractivity contribution is 6.22. The van der Waals surface area contributed by atoms with Crippen molar-refractivity contribution in [2.75, 3.05) is 4.90 Å². The molecular formula is C33H47NO2. The van der Waals surface area contributed by atoms with Crippen LogP contribution in [0.3, 0.4) is 0 Å². The van der Waals surface area contributed by atoms with Gasteiger partial charge in [0.1, 0.15) is 0 Å². The highest BCUT2D eigenvalue weighted by atomic mass is 16.2. The Morgan fingerprint density at radius 3 is 1.67 bits per heavy atom. The number of amides is 2. The minimum absolute atomic E-state index is 0.0534. The molecule has 1 saturated heterocycles. The minimum atomic E-state index is -0.376. The van der Waals surface area contributed by atoms with Gasteiger partial charge in [0.25, 0.3) is 0 Å². The number of carbonyl (C=O) groups excluding carboxylic acids is 2. The van der Waals surface area contributed by atoms with Crippen molar-refractivity contribution in [2.45, 2.75) is 81.6 Å². The van der Waals surface area contributed by atoms with Crippen molar-refractivity contribution < 1.29 is 9.59 Å². The lowest BCUT2D eigenvalue weighted by molar-refractivity contribution is -0.129. The smallest absolute Gasteiger partial charge is 0.238 e. The number of hydrogen-bond acceptors (Lipinski definition) is 2. The van der Waals surface area contributed by atoms with E-state index >= 15 is 0 Å². The highest BCUT2D eigenvalue weighted by Crippen LogP contribution is 2.54. The molecular weight excluding hydrogens is 442 g/mol. The van der Waals surface area contributed by atoms with Crippen molar-refractivity contribution >= 4 is 17.5 Å². The van der Waals surface area contributed by atoms with E-state index in [0.717, 1.165) is 6.42 Å². The Morgan fingerprint density at radius 2 is 1.19 bits per heavy atom. The van der Waals surface area contributed by atoms with Crippen LogP contribution in [0, 0.1) is 39.9 Å². The summed E-state index contributed by atoms with van der Waals surface area (Å²) in [6.45, 7) is 22.4. The van der Waals surface area contributed by atoms with Crippen LogP contribution in [0.1, 0.15) is 87.1 Å². The third-order valence-corrected chi connectivity index (χ3v) is 9.50. The van der Waals surface area contributed by atoms with Crippen LogP contribution in [0.25, 0.3) is 0 Å². The van der Waals surface area contributed by atoms with Gasteiger partial charge in [-0.1, -0.05) is 118 Å². The first kappa shape index (κ1) is 28.2. The lowest BCUT2D eigenvalue weighted by atomic mass is 9.57. The Labute approximate surface area is 219 Å². The molecule has 1 fully saturated rings. The standard InChI is InChI=1S/C33H47NO2/c1-22(2)32(7,8)26(24-17-13-11-14-18-24)21-23(3)33(9,10)28-27(31(4,5)6)29(35)34(30(28)36)25-19-15-12-16-20-25/h11-20,22-23,26-28H,21H2,1-10H3. The van der Waals surface area contributed by atoms with E-state index in [1.54, 1.807) is 0 Å². The van der Waals surface area contributed by atoms with E-state index in [1.807, 2.05) is 30.3 Å². The molecule has 2 aromatic carbocycles. The third kappa shape index (κ3) is 5.17. The van der Waals surface area contributed by atoms with Crippen LogP contribution < -0.4 is 4.90 Å². The predicted molar refractivity (Wildman–Crippen MR) is 151 cm³/mol. The monoisotopic (exact) mass is 489 g/mol. The SMILES string of the molecule is CC(C)C(C)(C)C(CC(C)C(C)(C)C1C(=O)N(c2ccccc2)C(=O)C1C(C)(C)C)c1ccccc1. The molecule has 1 aliphatic heterocycles. The van der Waals surface area contributed by atoms with Crippen LogP contribution in [0.15, 0.2) is 60.7 Å². The molecule has 196 valence electrons. The van der Waals surface area contributed by atoms with Crippen molar-refractivity contribution in [3.8, 4) is 0 Å². The van der Waals surface area contributed by atoms with Gasteiger partial charge in [0.05, 0.1) is 17.5 Å². The van der Waals surface area contributed by atoms with Gasteiger partial charge in [-0.15, -0.1) is 0 Å². The van der Waals surface area contributed by atoms with E-state index in [9.17, 15) is 9.59 Å². The van der Waals surface area contributed by atoms with E-state index in [0.29, 0.717) is 17.5 Å². The summed E-state index contributed by atoms with van der Waals surface area (Å²) in [6.07, 6.45) is 0.961. The van der Waals surface area contributed by atoms with E-state index < -0.39 is 0 Å². The second-order valence-corrected chi connectivity index (χ2v) is 13.6. The molecule has 0 spiro atoms. The summed E-state index contributed by atoms with van der Waals surface area (Å²) in [4.78, 5) is 29.4. The molecule has 0 bridgehead atoms. The van der Waals surface area contributed by atoms with Gasteiger partial charge < -0.3 is 0 Å². The molecule has 0 aliphatic carbocycles. The van der Waals surface area contributed by atoms with Gasteiger partial charge in [-0.25, -0.2) is 0 Å². The van der Waals surface area contributed by atoms with Gasteiger partial charge in [0.2, 0.25) is 11.8 Å². The average Bonchev–Trinajstić information content (AvgIpc) is 3.09. The fourth-order valence-corrected chi connectivity index (χ4v) is 6.04. The summed E-state index contributed by atoms with van der Waals surface area (Å²) in [7, 11) is 0. The number of hydrogen-bond donors (Lipinski definition) is 0. The average molecular weight is 490 g/mol. The Hall–Kier alpha value is -2.42. The number of rotatable bonds is 8. The number of carbonyl (C=O) groups is 2. The van der Waals surface area contributed by atoms with E-state index in [2.05, 4.69) is 99.6 Å². The number of para-hydroxylation sites is 1. The van der Waals surface area contributed by atoms with Crippen molar-refractivity contribution in [2.24, 2.45) is 39.9 Å². The lowest BCUT2D eigenvalue weighted by Gasteiger charge is -2.46. The maximum atomic E-state index is 14.1. The van der Waals surface area contributed by atoms with E-state index in [1.165, 1.54) is 10.5 Å². The predicted octanol–water partition coefficient (Wildman–Crippen LogP) is 8.36. The van der Waals surface area contributed by atoms with Crippen LogP contribution in [0.5, 0.6) is 0 Å². The maximum absolute atomic E-state index is 14.1. The van der Waals surface area contributed by atoms with Crippen LogP contribution in [0.4, 0.5) is 5.69 Å². The minimum Gasteiger partial charge on any atom is -0.274 e. The molecule has 0 aromatic heterocycles. The number of imide groups is 1.